The van der Waals surface area contributed by atoms with E-state index < -0.39 is 17.4 Å². The maximum Gasteiger partial charge on any atom is 0.249 e. The lowest BCUT2D eigenvalue weighted by Crippen LogP contribution is -2.46. The number of carbonyl (C=O) groups excluding carboxylic acids is 3. The van der Waals surface area contributed by atoms with Gasteiger partial charge in [0.1, 0.15) is 6.10 Å². The molecule has 2 atom stereocenters. The summed E-state index contributed by atoms with van der Waals surface area (Å²) in [5.74, 6) is -0.306. The van der Waals surface area contributed by atoms with Crippen LogP contribution in [-0.2, 0) is 14.4 Å². The molecule has 0 aromatic carbocycles. The molecule has 140 valence electrons. The average molecular weight is 362 g/mol. The minimum Gasteiger partial charge on any atom is -0.396 e. The van der Waals surface area contributed by atoms with Crippen LogP contribution in [0.1, 0.15) is 40.5 Å². The maximum atomic E-state index is 11.7. The molecule has 24 heavy (non-hydrogen) atoms. The van der Waals surface area contributed by atoms with Crippen LogP contribution in [0.2, 0.25) is 0 Å². The quantitative estimate of drug-likeness (QED) is 0.393. The van der Waals surface area contributed by atoms with Gasteiger partial charge in [0.05, 0.1) is 6.61 Å². The average Bonchev–Trinajstić information content (AvgIpc) is 2.56. The van der Waals surface area contributed by atoms with E-state index >= 15 is 0 Å². The van der Waals surface area contributed by atoms with Crippen molar-refractivity contribution in [3.05, 3.63) is 0 Å². The van der Waals surface area contributed by atoms with Crippen molar-refractivity contribution in [3.8, 4) is 0 Å². The van der Waals surface area contributed by atoms with Gasteiger partial charge in [0.2, 0.25) is 11.8 Å². The van der Waals surface area contributed by atoms with Crippen LogP contribution in [0.15, 0.2) is 0 Å². The summed E-state index contributed by atoms with van der Waals surface area (Å²) >= 11 is 1.21. The highest BCUT2D eigenvalue weighted by atomic mass is 32.2. The zero-order valence-electron chi connectivity index (χ0n) is 14.9. The van der Waals surface area contributed by atoms with Gasteiger partial charge in [0.15, 0.2) is 5.12 Å². The van der Waals surface area contributed by atoms with Crippen molar-refractivity contribution in [3.63, 3.8) is 0 Å². The van der Waals surface area contributed by atoms with Gasteiger partial charge in [-0.05, 0) is 6.42 Å². The summed E-state index contributed by atoms with van der Waals surface area (Å²) in [6.07, 6.45) is -0.452. The fraction of sp³-hybridized carbons (Fsp3) is 0.812. The van der Waals surface area contributed by atoms with Crippen molar-refractivity contribution in [2.75, 3.05) is 25.4 Å². The number of aliphatic hydroxyl groups is 2. The van der Waals surface area contributed by atoms with Crippen LogP contribution in [0.25, 0.3) is 0 Å². The summed E-state index contributed by atoms with van der Waals surface area (Å²) in [7, 11) is 0. The highest BCUT2D eigenvalue weighted by Crippen LogP contribution is 2.19. The molecular formula is C16H30N2O5S. The molecule has 0 aliphatic carbocycles. The molecule has 4 N–H and O–H groups in total. The van der Waals surface area contributed by atoms with Crippen LogP contribution >= 0.6 is 11.8 Å². The fourth-order valence-corrected chi connectivity index (χ4v) is 2.43. The Hall–Kier alpha value is -1.12. The lowest BCUT2D eigenvalue weighted by Gasteiger charge is -2.27. The van der Waals surface area contributed by atoms with Gasteiger partial charge in [0.25, 0.3) is 0 Å². The van der Waals surface area contributed by atoms with Gasteiger partial charge < -0.3 is 20.8 Å². The van der Waals surface area contributed by atoms with Crippen molar-refractivity contribution in [1.82, 2.24) is 10.6 Å². The summed E-state index contributed by atoms with van der Waals surface area (Å²) in [6, 6.07) is 0. The first-order valence-electron chi connectivity index (χ1n) is 8.15. The highest BCUT2D eigenvalue weighted by Gasteiger charge is 2.32. The van der Waals surface area contributed by atoms with Crippen molar-refractivity contribution in [2.24, 2.45) is 11.3 Å². The molecule has 0 saturated carbocycles. The Balaban J connectivity index is 3.88. The molecule has 0 radical (unpaired) electrons. The molecule has 0 fully saturated rings. The predicted molar refractivity (Wildman–Crippen MR) is 94.4 cm³/mol. The third-order valence-corrected chi connectivity index (χ3v) is 4.83. The summed E-state index contributed by atoms with van der Waals surface area (Å²) < 4.78 is 0. The summed E-state index contributed by atoms with van der Waals surface area (Å²) in [5.41, 5.74) is -0.939. The van der Waals surface area contributed by atoms with E-state index in [1.165, 1.54) is 11.8 Å². The Bertz CT molecular complexity index is 429. The van der Waals surface area contributed by atoms with Crippen molar-refractivity contribution >= 4 is 28.7 Å². The lowest BCUT2D eigenvalue weighted by atomic mass is 9.87. The Kier molecular flexibility index (Phi) is 10.9. The van der Waals surface area contributed by atoms with Gasteiger partial charge in [-0.15, -0.1) is 0 Å². The van der Waals surface area contributed by atoms with Crippen LogP contribution in [-0.4, -0.2) is 58.7 Å². The van der Waals surface area contributed by atoms with Crippen LogP contribution in [0.3, 0.4) is 0 Å². The number of carbonyl (C=O) groups is 3. The second-order valence-corrected chi connectivity index (χ2v) is 7.52. The smallest absolute Gasteiger partial charge is 0.249 e. The summed E-state index contributed by atoms with van der Waals surface area (Å²) in [4.78, 5) is 34.9. The van der Waals surface area contributed by atoms with E-state index in [-0.39, 0.29) is 36.5 Å². The standard InChI is InChI=1S/C16H30N2O5S/c1-5-11(2)15(23)24-9-8-17-12(20)6-7-18-14(22)13(21)16(3,4)10-19/h11,13,19,21H,5-10H2,1-4H3,(H,17,20)(H,18,22)/t11?,13-/m0/s1. The van der Waals surface area contributed by atoms with Crippen LogP contribution < -0.4 is 10.6 Å². The molecule has 0 aliphatic rings. The van der Waals surface area contributed by atoms with E-state index in [1.807, 2.05) is 13.8 Å². The molecule has 0 aromatic heterocycles. The third-order valence-electron chi connectivity index (χ3n) is 3.73. The number of rotatable bonds is 11. The molecule has 0 rings (SSSR count). The normalized spacial score (nSPS) is 13.9. The molecule has 8 heteroatoms. The molecule has 0 saturated heterocycles. The van der Waals surface area contributed by atoms with E-state index in [0.29, 0.717) is 12.3 Å². The summed E-state index contributed by atoms with van der Waals surface area (Å²) in [6.45, 7) is 7.14. The molecule has 1 unspecified atom stereocenters. The SMILES string of the molecule is CCC(C)C(=O)SCCNC(=O)CCNC(=O)[C@H](O)C(C)(C)CO. The van der Waals surface area contributed by atoms with Gasteiger partial charge in [-0.3, -0.25) is 14.4 Å². The minimum absolute atomic E-state index is 0.0236. The van der Waals surface area contributed by atoms with Gasteiger partial charge in [-0.2, -0.15) is 0 Å². The largest absolute Gasteiger partial charge is 0.396 e. The Morgan fingerprint density at radius 2 is 1.79 bits per heavy atom. The van der Waals surface area contributed by atoms with E-state index in [9.17, 15) is 19.5 Å². The molecular weight excluding hydrogens is 332 g/mol. The monoisotopic (exact) mass is 362 g/mol. The highest BCUT2D eigenvalue weighted by molar-refractivity contribution is 8.13. The number of aliphatic hydroxyl groups excluding tert-OH is 2. The second kappa shape index (κ2) is 11.4. The van der Waals surface area contributed by atoms with Crippen LogP contribution in [0.4, 0.5) is 0 Å². The van der Waals surface area contributed by atoms with Crippen molar-refractivity contribution in [1.29, 1.82) is 0 Å². The van der Waals surface area contributed by atoms with Gasteiger partial charge in [0, 0.05) is 36.6 Å². The summed E-state index contributed by atoms with van der Waals surface area (Å²) in [5, 5.41) is 24.2. The third kappa shape index (κ3) is 8.65. The predicted octanol–water partition coefficient (Wildman–Crippen LogP) is 0.294. The lowest BCUT2D eigenvalue weighted by molar-refractivity contribution is -0.137. The molecule has 0 aromatic rings. The zero-order valence-corrected chi connectivity index (χ0v) is 15.7. The number of hydrogen-bond acceptors (Lipinski definition) is 6. The van der Waals surface area contributed by atoms with Crippen molar-refractivity contribution in [2.45, 2.75) is 46.6 Å². The molecule has 7 nitrogen and oxygen atoms in total. The second-order valence-electron chi connectivity index (χ2n) is 6.42. The van der Waals surface area contributed by atoms with E-state index in [2.05, 4.69) is 10.6 Å². The van der Waals surface area contributed by atoms with E-state index in [4.69, 9.17) is 5.11 Å². The number of amides is 2. The van der Waals surface area contributed by atoms with Gasteiger partial charge >= 0.3 is 0 Å². The number of thioether (sulfide) groups is 1. The molecule has 0 bridgehead atoms. The van der Waals surface area contributed by atoms with Gasteiger partial charge in [-0.25, -0.2) is 0 Å². The van der Waals surface area contributed by atoms with Crippen LogP contribution in [0.5, 0.6) is 0 Å². The first-order chi connectivity index (χ1) is 11.2. The zero-order chi connectivity index (χ0) is 18.8. The van der Waals surface area contributed by atoms with E-state index in [1.54, 1.807) is 13.8 Å². The number of nitrogens with one attached hydrogen (secondary N) is 2. The molecule has 0 spiro atoms. The molecule has 0 heterocycles. The fourth-order valence-electron chi connectivity index (χ4n) is 1.58. The Labute approximate surface area is 148 Å². The Morgan fingerprint density at radius 3 is 2.33 bits per heavy atom. The molecule has 2 amide bonds. The Morgan fingerprint density at radius 1 is 1.17 bits per heavy atom. The van der Waals surface area contributed by atoms with Crippen LogP contribution in [0, 0.1) is 11.3 Å². The molecule has 0 aliphatic heterocycles. The van der Waals surface area contributed by atoms with Crippen molar-refractivity contribution < 1.29 is 24.6 Å². The number of hydrogen-bond donors (Lipinski definition) is 4. The topological polar surface area (TPSA) is 116 Å². The maximum absolute atomic E-state index is 11.7. The first kappa shape index (κ1) is 22.9. The first-order valence-corrected chi connectivity index (χ1v) is 9.14. The van der Waals surface area contributed by atoms with E-state index in [0.717, 1.165) is 6.42 Å². The minimum atomic E-state index is -1.34. The van der Waals surface area contributed by atoms with Gasteiger partial charge in [-0.1, -0.05) is 39.5 Å².